The summed E-state index contributed by atoms with van der Waals surface area (Å²) in [6, 6.07) is 26.9. The van der Waals surface area contributed by atoms with Gasteiger partial charge in [-0.3, -0.25) is 4.79 Å². The summed E-state index contributed by atoms with van der Waals surface area (Å²) < 4.78 is 5.39. The molecule has 33 heavy (non-hydrogen) atoms. The van der Waals surface area contributed by atoms with Crippen molar-refractivity contribution in [2.45, 2.75) is 51.8 Å². The van der Waals surface area contributed by atoms with E-state index in [2.05, 4.69) is 22.8 Å². The summed E-state index contributed by atoms with van der Waals surface area (Å²) >= 11 is 0. The first-order valence-electron chi connectivity index (χ1n) is 11.2. The highest BCUT2D eigenvalue weighted by Gasteiger charge is 2.26. The van der Waals surface area contributed by atoms with Gasteiger partial charge in [-0.05, 0) is 49.9 Å². The molecule has 172 valence electrons. The van der Waals surface area contributed by atoms with E-state index < -0.39 is 17.7 Å². The summed E-state index contributed by atoms with van der Waals surface area (Å²) in [7, 11) is 0. The molecule has 0 saturated heterocycles. The van der Waals surface area contributed by atoms with E-state index >= 15 is 0 Å². The number of alkyl carbamates (subject to hydrolysis) is 1. The number of hydrogen-bond donors (Lipinski definition) is 2. The van der Waals surface area contributed by atoms with E-state index in [0.29, 0.717) is 6.42 Å². The van der Waals surface area contributed by atoms with Crippen LogP contribution in [0.4, 0.5) is 4.79 Å². The van der Waals surface area contributed by atoms with Crippen molar-refractivity contribution >= 4 is 12.0 Å². The lowest BCUT2D eigenvalue weighted by molar-refractivity contribution is -0.123. The largest absolute Gasteiger partial charge is 0.444 e. The van der Waals surface area contributed by atoms with Gasteiger partial charge >= 0.3 is 6.09 Å². The van der Waals surface area contributed by atoms with Crippen LogP contribution in [-0.2, 0) is 16.0 Å². The van der Waals surface area contributed by atoms with Gasteiger partial charge < -0.3 is 15.4 Å². The molecule has 0 bridgehead atoms. The predicted octanol–water partition coefficient (Wildman–Crippen LogP) is 5.67. The van der Waals surface area contributed by atoms with Crippen molar-refractivity contribution in [3.05, 3.63) is 96.1 Å². The number of carbonyl (C=O) groups is 2. The minimum atomic E-state index is -0.770. The molecule has 3 rings (SSSR count). The third-order valence-corrected chi connectivity index (χ3v) is 5.17. The molecule has 0 aliphatic rings. The van der Waals surface area contributed by atoms with Gasteiger partial charge in [-0.2, -0.15) is 0 Å². The molecule has 5 heteroatoms. The molecular weight excluding hydrogens is 412 g/mol. The molecule has 0 aliphatic carbocycles. The molecule has 2 N–H and O–H groups in total. The molecule has 0 spiro atoms. The first-order valence-corrected chi connectivity index (χ1v) is 11.2. The average Bonchev–Trinajstić information content (AvgIpc) is 2.79. The minimum absolute atomic E-state index is 0.193. The Balaban J connectivity index is 1.74. The van der Waals surface area contributed by atoms with Crippen LogP contribution >= 0.6 is 0 Å². The number of amides is 2. The fourth-order valence-electron chi connectivity index (χ4n) is 3.50. The van der Waals surface area contributed by atoms with E-state index in [4.69, 9.17) is 4.74 Å². The Bertz CT molecular complexity index is 1040. The minimum Gasteiger partial charge on any atom is -0.444 e. The van der Waals surface area contributed by atoms with E-state index in [1.54, 1.807) is 20.8 Å². The molecule has 2 amide bonds. The normalized spacial score (nSPS) is 13.0. The van der Waals surface area contributed by atoms with Crippen molar-refractivity contribution < 1.29 is 14.3 Å². The summed E-state index contributed by atoms with van der Waals surface area (Å²) in [5.41, 5.74) is 3.51. The number of hydrogen-bond acceptors (Lipinski definition) is 3. The number of nitrogens with one attached hydrogen (secondary N) is 2. The highest BCUT2D eigenvalue weighted by atomic mass is 16.6. The van der Waals surface area contributed by atoms with Gasteiger partial charge in [-0.15, -0.1) is 0 Å². The van der Waals surface area contributed by atoms with Crippen molar-refractivity contribution in [2.75, 3.05) is 0 Å². The molecule has 5 nitrogen and oxygen atoms in total. The highest BCUT2D eigenvalue weighted by Crippen LogP contribution is 2.20. The zero-order valence-corrected chi connectivity index (χ0v) is 19.7. The Morgan fingerprint density at radius 2 is 1.33 bits per heavy atom. The van der Waals surface area contributed by atoms with Gasteiger partial charge in [0.2, 0.25) is 5.91 Å². The molecule has 0 fully saturated rings. The maximum absolute atomic E-state index is 13.1. The van der Waals surface area contributed by atoms with E-state index in [1.165, 1.54) is 0 Å². The molecule has 0 aromatic heterocycles. The Hall–Kier alpha value is -3.60. The predicted molar refractivity (Wildman–Crippen MR) is 132 cm³/mol. The first-order chi connectivity index (χ1) is 15.7. The number of ether oxygens (including phenoxy) is 1. The third kappa shape index (κ3) is 7.49. The standard InChI is InChI=1S/C28H32N2O3/c1-20(22-11-7-5-8-12-22)29-26(31)25(30-27(32)33-28(2,3)4)19-21-15-17-24(18-16-21)23-13-9-6-10-14-23/h5-18,20,25H,19H2,1-4H3,(H,29,31)(H,30,32)/t20-,25-/m0/s1. The second-order valence-corrected chi connectivity index (χ2v) is 9.11. The summed E-state index contributed by atoms with van der Waals surface area (Å²) in [4.78, 5) is 25.6. The average molecular weight is 445 g/mol. The number of benzene rings is 3. The molecule has 0 unspecified atom stereocenters. The van der Waals surface area contributed by atoms with Gasteiger partial charge in [0.1, 0.15) is 11.6 Å². The maximum atomic E-state index is 13.1. The molecule has 2 atom stereocenters. The van der Waals surface area contributed by atoms with Crippen LogP contribution in [0.1, 0.15) is 44.9 Å². The fourth-order valence-corrected chi connectivity index (χ4v) is 3.50. The summed E-state index contributed by atoms with van der Waals surface area (Å²) in [5.74, 6) is -0.260. The van der Waals surface area contributed by atoms with Crippen LogP contribution in [0.2, 0.25) is 0 Å². The molecule has 0 aliphatic heterocycles. The summed E-state index contributed by atoms with van der Waals surface area (Å²) in [6.07, 6.45) is -0.266. The second-order valence-electron chi connectivity index (χ2n) is 9.11. The van der Waals surface area contributed by atoms with Crippen LogP contribution in [0, 0.1) is 0 Å². The number of carbonyl (C=O) groups excluding carboxylic acids is 2. The third-order valence-electron chi connectivity index (χ3n) is 5.17. The molecule has 0 heterocycles. The maximum Gasteiger partial charge on any atom is 0.408 e. The SMILES string of the molecule is C[C@H](NC(=O)[C@H](Cc1ccc(-c2ccccc2)cc1)NC(=O)OC(C)(C)C)c1ccccc1. The quantitative estimate of drug-likeness (QED) is 0.494. The van der Waals surface area contributed by atoms with Gasteiger partial charge in [-0.25, -0.2) is 4.79 Å². The Morgan fingerprint density at radius 1 is 0.788 bits per heavy atom. The molecule has 0 radical (unpaired) electrons. The summed E-state index contributed by atoms with van der Waals surface area (Å²) in [6.45, 7) is 7.30. The Morgan fingerprint density at radius 3 is 1.91 bits per heavy atom. The highest BCUT2D eigenvalue weighted by molar-refractivity contribution is 5.86. The van der Waals surface area contributed by atoms with Crippen LogP contribution in [0.5, 0.6) is 0 Å². The summed E-state index contributed by atoms with van der Waals surface area (Å²) in [5, 5.41) is 5.76. The zero-order chi connectivity index (χ0) is 23.8. The topological polar surface area (TPSA) is 67.4 Å². The van der Waals surface area contributed by atoms with Gasteiger partial charge in [0, 0.05) is 6.42 Å². The van der Waals surface area contributed by atoms with Crippen LogP contribution < -0.4 is 10.6 Å². The fraction of sp³-hybridized carbons (Fsp3) is 0.286. The number of rotatable bonds is 7. The van der Waals surface area contributed by atoms with E-state index in [9.17, 15) is 9.59 Å². The van der Waals surface area contributed by atoms with E-state index in [1.807, 2.05) is 79.7 Å². The first kappa shape index (κ1) is 24.1. The van der Waals surface area contributed by atoms with Gasteiger partial charge in [0.05, 0.1) is 6.04 Å². The van der Waals surface area contributed by atoms with Crippen molar-refractivity contribution in [3.8, 4) is 11.1 Å². The van der Waals surface area contributed by atoms with Crippen LogP contribution in [0.25, 0.3) is 11.1 Å². The molecule has 0 saturated carbocycles. The van der Waals surface area contributed by atoms with Crippen LogP contribution in [0.15, 0.2) is 84.9 Å². The van der Waals surface area contributed by atoms with Crippen molar-refractivity contribution in [2.24, 2.45) is 0 Å². The van der Waals surface area contributed by atoms with Crippen molar-refractivity contribution in [1.29, 1.82) is 0 Å². The lowest BCUT2D eigenvalue weighted by atomic mass is 10.00. The molecule has 3 aromatic carbocycles. The monoisotopic (exact) mass is 444 g/mol. The Kier molecular flexibility index (Phi) is 7.88. The van der Waals surface area contributed by atoms with Crippen LogP contribution in [-0.4, -0.2) is 23.6 Å². The lowest BCUT2D eigenvalue weighted by Crippen LogP contribution is -2.49. The van der Waals surface area contributed by atoms with Gasteiger partial charge in [0.15, 0.2) is 0 Å². The smallest absolute Gasteiger partial charge is 0.408 e. The molecular formula is C28H32N2O3. The molecule has 3 aromatic rings. The zero-order valence-electron chi connectivity index (χ0n) is 19.7. The second kappa shape index (κ2) is 10.8. The van der Waals surface area contributed by atoms with Crippen molar-refractivity contribution in [3.63, 3.8) is 0 Å². The van der Waals surface area contributed by atoms with Gasteiger partial charge in [0.25, 0.3) is 0 Å². The lowest BCUT2D eigenvalue weighted by Gasteiger charge is -2.25. The Labute approximate surface area is 196 Å². The van der Waals surface area contributed by atoms with Crippen molar-refractivity contribution in [1.82, 2.24) is 10.6 Å². The van der Waals surface area contributed by atoms with Crippen LogP contribution in [0.3, 0.4) is 0 Å². The van der Waals surface area contributed by atoms with E-state index in [-0.39, 0.29) is 11.9 Å². The van der Waals surface area contributed by atoms with Gasteiger partial charge in [-0.1, -0.05) is 84.9 Å². The van der Waals surface area contributed by atoms with E-state index in [0.717, 1.165) is 22.3 Å².